The molecule has 28 heavy (non-hydrogen) atoms. The van der Waals surface area contributed by atoms with Crippen LogP contribution in [0.25, 0.3) is 0 Å². The van der Waals surface area contributed by atoms with E-state index < -0.39 is 0 Å². The Labute approximate surface area is 182 Å². The van der Waals surface area contributed by atoms with Gasteiger partial charge in [-0.2, -0.15) is 0 Å². The minimum absolute atomic E-state index is 0.362. The maximum atomic E-state index is 6.42. The fraction of sp³-hybridized carbons (Fsp3) is 0.381. The highest BCUT2D eigenvalue weighted by Gasteiger charge is 2.26. The van der Waals surface area contributed by atoms with Crippen molar-refractivity contribution < 1.29 is 4.74 Å². The van der Waals surface area contributed by atoms with E-state index in [1.54, 1.807) is 7.11 Å². The number of thiocarbonyl (C=S) groups is 1. The van der Waals surface area contributed by atoms with E-state index in [0.29, 0.717) is 28.5 Å². The Hall–Kier alpha value is -1.53. The molecule has 0 radical (unpaired) electrons. The highest BCUT2D eigenvalue weighted by atomic mass is 35.5. The maximum Gasteiger partial charge on any atom is 0.173 e. The number of ether oxygens (including phenoxy) is 1. The molecule has 0 bridgehead atoms. The molecule has 0 aromatic heterocycles. The van der Waals surface area contributed by atoms with Gasteiger partial charge in [-0.15, -0.1) is 0 Å². The van der Waals surface area contributed by atoms with Gasteiger partial charge in [-0.25, -0.2) is 0 Å². The van der Waals surface area contributed by atoms with Gasteiger partial charge in [0.1, 0.15) is 5.75 Å². The van der Waals surface area contributed by atoms with E-state index in [1.165, 1.54) is 0 Å². The molecule has 0 aliphatic carbocycles. The first-order valence-corrected chi connectivity index (χ1v) is 10.5. The maximum absolute atomic E-state index is 6.42. The third-order valence-electron chi connectivity index (χ3n) is 5.09. The van der Waals surface area contributed by atoms with Gasteiger partial charge < -0.3 is 19.9 Å². The lowest BCUT2D eigenvalue weighted by molar-refractivity contribution is 0.173. The molecule has 0 saturated carbocycles. The van der Waals surface area contributed by atoms with E-state index in [-0.39, 0.29) is 0 Å². The molecule has 1 N–H and O–H groups in total. The summed E-state index contributed by atoms with van der Waals surface area (Å²) in [4.78, 5) is 4.60. The fourth-order valence-electron chi connectivity index (χ4n) is 3.42. The topological polar surface area (TPSA) is 27.7 Å². The third kappa shape index (κ3) is 5.29. The third-order valence-corrected chi connectivity index (χ3v) is 6.09. The van der Waals surface area contributed by atoms with Crippen LogP contribution in [-0.2, 0) is 6.54 Å². The number of hydrogen-bond acceptors (Lipinski definition) is 3. The van der Waals surface area contributed by atoms with Gasteiger partial charge in [0.25, 0.3) is 0 Å². The number of nitrogens with one attached hydrogen (secondary N) is 1. The number of benzene rings is 2. The van der Waals surface area contributed by atoms with Gasteiger partial charge in [-0.05, 0) is 75.0 Å². The molecule has 1 fully saturated rings. The molecule has 7 heteroatoms. The number of halogens is 2. The van der Waals surface area contributed by atoms with Crippen molar-refractivity contribution in [2.75, 3.05) is 32.6 Å². The summed E-state index contributed by atoms with van der Waals surface area (Å²) in [6.45, 7) is 2.78. The van der Waals surface area contributed by atoms with Gasteiger partial charge in [0.2, 0.25) is 0 Å². The summed E-state index contributed by atoms with van der Waals surface area (Å²) in [6.07, 6.45) is 2.12. The number of hydrogen-bond donors (Lipinski definition) is 1. The van der Waals surface area contributed by atoms with E-state index >= 15 is 0 Å². The van der Waals surface area contributed by atoms with Crippen LogP contribution in [0.15, 0.2) is 42.5 Å². The van der Waals surface area contributed by atoms with Crippen molar-refractivity contribution in [2.45, 2.75) is 25.4 Å². The molecular weight excluding hydrogens is 413 g/mol. The molecule has 4 nitrogen and oxygen atoms in total. The predicted molar refractivity (Wildman–Crippen MR) is 122 cm³/mol. The lowest BCUT2D eigenvalue weighted by Crippen LogP contribution is -2.47. The molecular formula is C21H25Cl2N3OS. The van der Waals surface area contributed by atoms with E-state index in [0.717, 1.165) is 42.2 Å². The molecule has 0 atom stereocenters. The lowest BCUT2D eigenvalue weighted by atomic mass is 10.0. The quantitative estimate of drug-likeness (QED) is 0.640. The molecule has 3 rings (SSSR count). The lowest BCUT2D eigenvalue weighted by Gasteiger charge is -2.39. The molecule has 0 spiro atoms. The van der Waals surface area contributed by atoms with Crippen molar-refractivity contribution in [2.24, 2.45) is 0 Å². The molecule has 1 saturated heterocycles. The number of rotatable bonds is 5. The summed E-state index contributed by atoms with van der Waals surface area (Å²) in [5, 5.41) is 5.33. The number of anilines is 1. The zero-order valence-electron chi connectivity index (χ0n) is 16.1. The van der Waals surface area contributed by atoms with E-state index in [9.17, 15) is 0 Å². The first kappa shape index (κ1) is 21.2. The molecule has 1 aliphatic rings. The van der Waals surface area contributed by atoms with E-state index in [4.69, 9.17) is 40.2 Å². The highest BCUT2D eigenvalue weighted by molar-refractivity contribution is 7.80. The van der Waals surface area contributed by atoms with Crippen LogP contribution in [0.4, 0.5) is 5.69 Å². The highest BCUT2D eigenvalue weighted by Crippen LogP contribution is 2.28. The molecule has 150 valence electrons. The average Bonchev–Trinajstić information content (AvgIpc) is 2.68. The average molecular weight is 438 g/mol. The van der Waals surface area contributed by atoms with Crippen molar-refractivity contribution in [3.05, 3.63) is 58.1 Å². The van der Waals surface area contributed by atoms with Crippen LogP contribution in [0.3, 0.4) is 0 Å². The molecule has 2 aromatic rings. The molecule has 0 unspecified atom stereocenters. The first-order chi connectivity index (χ1) is 13.5. The summed E-state index contributed by atoms with van der Waals surface area (Å²) >= 11 is 18.5. The summed E-state index contributed by atoms with van der Waals surface area (Å²) in [6, 6.07) is 13.9. The van der Waals surface area contributed by atoms with Crippen LogP contribution >= 0.6 is 35.4 Å². The smallest absolute Gasteiger partial charge is 0.173 e. The first-order valence-electron chi connectivity index (χ1n) is 9.31. The summed E-state index contributed by atoms with van der Waals surface area (Å²) in [7, 11) is 3.76. The second-order valence-corrected chi connectivity index (χ2v) is 8.23. The second-order valence-electron chi connectivity index (χ2n) is 7.03. The predicted octanol–water partition coefficient (Wildman–Crippen LogP) is 5.30. The van der Waals surface area contributed by atoms with Gasteiger partial charge in [0, 0.05) is 23.3 Å². The van der Waals surface area contributed by atoms with Crippen LogP contribution in [-0.4, -0.2) is 48.2 Å². The summed E-state index contributed by atoms with van der Waals surface area (Å²) in [5.74, 6) is 0.640. The number of likely N-dealkylation sites (tertiary alicyclic amines) is 1. The van der Waals surface area contributed by atoms with Crippen LogP contribution in [0, 0.1) is 0 Å². The van der Waals surface area contributed by atoms with Gasteiger partial charge in [0.15, 0.2) is 5.11 Å². The van der Waals surface area contributed by atoms with Crippen molar-refractivity contribution in [1.29, 1.82) is 0 Å². The Bertz CT molecular complexity index is 825. The van der Waals surface area contributed by atoms with Gasteiger partial charge >= 0.3 is 0 Å². The van der Waals surface area contributed by atoms with Crippen molar-refractivity contribution in [1.82, 2.24) is 9.80 Å². The zero-order chi connectivity index (χ0) is 20.1. The van der Waals surface area contributed by atoms with E-state index in [1.807, 2.05) is 36.4 Å². The van der Waals surface area contributed by atoms with E-state index in [2.05, 4.69) is 28.2 Å². The Morgan fingerprint density at radius 1 is 1.18 bits per heavy atom. The number of piperidine rings is 1. The number of methoxy groups -OCH3 is 1. The minimum atomic E-state index is 0.362. The molecule has 2 aromatic carbocycles. The largest absolute Gasteiger partial charge is 0.495 e. The second kappa shape index (κ2) is 9.79. The Kier molecular flexibility index (Phi) is 7.41. The zero-order valence-corrected chi connectivity index (χ0v) is 18.4. The molecule has 1 heterocycles. The Morgan fingerprint density at radius 2 is 1.89 bits per heavy atom. The van der Waals surface area contributed by atoms with Crippen LogP contribution < -0.4 is 10.1 Å². The van der Waals surface area contributed by atoms with Crippen molar-refractivity contribution in [3.63, 3.8) is 0 Å². The van der Waals surface area contributed by atoms with Gasteiger partial charge in [-0.1, -0.05) is 41.4 Å². The Morgan fingerprint density at radius 3 is 2.54 bits per heavy atom. The van der Waals surface area contributed by atoms with Crippen LogP contribution in [0.2, 0.25) is 10.0 Å². The van der Waals surface area contributed by atoms with Crippen LogP contribution in [0.5, 0.6) is 5.75 Å². The summed E-state index contributed by atoms with van der Waals surface area (Å²) in [5.41, 5.74) is 1.91. The molecule has 0 amide bonds. The molecule has 1 aliphatic heterocycles. The fourth-order valence-corrected chi connectivity index (χ4v) is 4.21. The summed E-state index contributed by atoms with van der Waals surface area (Å²) < 4.78 is 5.23. The van der Waals surface area contributed by atoms with Crippen molar-refractivity contribution >= 4 is 46.2 Å². The standard InChI is InChI=1S/C21H25Cl2N3OS/c1-25-11-9-17(10-12-25)26(14-15-5-3-4-6-18(15)22)21(28)24-16-7-8-20(27-2)19(23)13-16/h3-8,13,17H,9-12,14H2,1-2H3,(H,24,28). The van der Waals surface area contributed by atoms with Gasteiger partial charge in [0.05, 0.1) is 12.1 Å². The SMILES string of the molecule is COc1ccc(NC(=S)N(Cc2ccccc2Cl)C2CCN(C)CC2)cc1Cl. The monoisotopic (exact) mass is 437 g/mol. The normalized spacial score (nSPS) is 15.3. The Balaban J connectivity index is 1.80. The number of nitrogens with zero attached hydrogens (tertiary/aromatic N) is 2. The minimum Gasteiger partial charge on any atom is -0.495 e. The van der Waals surface area contributed by atoms with Crippen LogP contribution in [0.1, 0.15) is 18.4 Å². The van der Waals surface area contributed by atoms with Crippen molar-refractivity contribution in [3.8, 4) is 5.75 Å². The van der Waals surface area contributed by atoms with Gasteiger partial charge in [-0.3, -0.25) is 0 Å².